The maximum Gasteiger partial charge on any atom is 0.346 e. The molecule has 130 valence electrons. The minimum Gasteiger partial charge on any atom is -0.477 e. The first kappa shape index (κ1) is 18.1. The Morgan fingerprint density at radius 3 is 2.46 bits per heavy atom. The number of aromatic carboxylic acids is 1. The predicted octanol–water partition coefficient (Wildman–Crippen LogP) is 2.33. The predicted molar refractivity (Wildman–Crippen MR) is 90.9 cm³/mol. The Kier molecular flexibility index (Phi) is 4.80. The lowest BCUT2D eigenvalue weighted by atomic mass is 10.0. The Bertz CT molecular complexity index is 879. The van der Waals surface area contributed by atoms with Crippen LogP contribution in [-0.4, -0.2) is 33.2 Å². The number of hydrogen-bond acceptors (Lipinski definition) is 6. The van der Waals surface area contributed by atoms with Crippen LogP contribution >= 0.6 is 11.3 Å². The molecule has 0 saturated carbocycles. The lowest BCUT2D eigenvalue weighted by Gasteiger charge is -2.27. The number of nitrogens with zero attached hydrogens (tertiary/aromatic N) is 2. The van der Waals surface area contributed by atoms with Gasteiger partial charge >= 0.3 is 11.9 Å². The zero-order chi connectivity index (χ0) is 18.2. The summed E-state index contributed by atoms with van der Waals surface area (Å²) < 4.78 is 6.40. The Hall–Kier alpha value is -2.22. The normalized spacial score (nSPS) is 11.7. The molecule has 0 fully saturated rings. The number of carboxylic acids is 1. The number of ether oxygens (including phenoxy) is 1. The van der Waals surface area contributed by atoms with E-state index in [0.29, 0.717) is 22.6 Å². The number of carboxylic acid groups (broad SMARTS) is 1. The molecule has 0 saturated heterocycles. The molecule has 0 aliphatic carbocycles. The Labute approximate surface area is 142 Å². The third-order valence-electron chi connectivity index (χ3n) is 3.88. The van der Waals surface area contributed by atoms with E-state index in [4.69, 9.17) is 4.74 Å². The number of rotatable bonds is 5. The largest absolute Gasteiger partial charge is 0.477 e. The van der Waals surface area contributed by atoms with Crippen molar-refractivity contribution in [3.05, 3.63) is 26.6 Å². The first-order valence-electron chi connectivity index (χ1n) is 7.62. The zero-order valence-electron chi connectivity index (χ0n) is 14.3. The highest BCUT2D eigenvalue weighted by Gasteiger charge is 2.35. The van der Waals surface area contributed by atoms with Crippen LogP contribution in [0.25, 0.3) is 10.2 Å². The van der Waals surface area contributed by atoms with Gasteiger partial charge in [0.25, 0.3) is 5.56 Å². The Morgan fingerprint density at radius 1 is 1.33 bits per heavy atom. The second-order valence-corrected chi connectivity index (χ2v) is 6.84. The van der Waals surface area contributed by atoms with Gasteiger partial charge < -0.3 is 9.84 Å². The van der Waals surface area contributed by atoms with Crippen molar-refractivity contribution in [2.45, 2.75) is 46.6 Å². The molecule has 8 heteroatoms. The van der Waals surface area contributed by atoms with E-state index in [1.54, 1.807) is 27.7 Å². The van der Waals surface area contributed by atoms with E-state index in [2.05, 4.69) is 4.98 Å². The molecule has 0 radical (unpaired) electrons. The first-order chi connectivity index (χ1) is 11.2. The van der Waals surface area contributed by atoms with Crippen LogP contribution in [-0.2, 0) is 21.5 Å². The van der Waals surface area contributed by atoms with Gasteiger partial charge in [0, 0.05) is 6.42 Å². The van der Waals surface area contributed by atoms with Crippen molar-refractivity contribution in [2.75, 3.05) is 6.61 Å². The monoisotopic (exact) mass is 352 g/mol. The molecule has 24 heavy (non-hydrogen) atoms. The van der Waals surface area contributed by atoms with E-state index in [0.717, 1.165) is 11.3 Å². The second-order valence-electron chi connectivity index (χ2n) is 5.84. The molecule has 0 bridgehead atoms. The highest BCUT2D eigenvalue weighted by molar-refractivity contribution is 7.20. The SMILES string of the molecule is CCOC(=O)C(C)(C)n1c(CC)nc2sc(C(=O)O)c(C)c2c1=O. The average Bonchev–Trinajstić information content (AvgIpc) is 2.84. The molecule has 7 nitrogen and oxygen atoms in total. The van der Waals surface area contributed by atoms with Crippen molar-refractivity contribution in [1.29, 1.82) is 0 Å². The molecule has 0 aliphatic rings. The molecule has 0 spiro atoms. The Morgan fingerprint density at radius 2 is 1.96 bits per heavy atom. The standard InChI is InChI=1S/C16H20N2O5S/c1-6-9-17-12-10(8(3)11(24-12)14(20)21)13(19)18(9)16(4,5)15(22)23-7-2/h6-7H2,1-5H3,(H,20,21). The fourth-order valence-corrected chi connectivity index (χ4v) is 3.67. The topological polar surface area (TPSA) is 98.5 Å². The smallest absolute Gasteiger partial charge is 0.346 e. The highest BCUT2D eigenvalue weighted by Crippen LogP contribution is 2.29. The molecule has 0 unspecified atom stereocenters. The number of carbonyl (C=O) groups excluding carboxylic acids is 1. The summed E-state index contributed by atoms with van der Waals surface area (Å²) in [5, 5.41) is 9.51. The van der Waals surface area contributed by atoms with E-state index in [9.17, 15) is 19.5 Å². The molecule has 0 aromatic carbocycles. The van der Waals surface area contributed by atoms with Gasteiger partial charge in [-0.05, 0) is 33.3 Å². The maximum atomic E-state index is 13.0. The van der Waals surface area contributed by atoms with Crippen molar-refractivity contribution < 1.29 is 19.4 Å². The van der Waals surface area contributed by atoms with Crippen LogP contribution in [0.5, 0.6) is 0 Å². The average molecular weight is 352 g/mol. The molecule has 0 aliphatic heterocycles. The molecule has 0 amide bonds. The summed E-state index contributed by atoms with van der Waals surface area (Å²) in [5.74, 6) is -1.21. The number of hydrogen-bond donors (Lipinski definition) is 1. The van der Waals surface area contributed by atoms with Crippen LogP contribution in [0.3, 0.4) is 0 Å². The van der Waals surface area contributed by atoms with Crippen LogP contribution in [0.15, 0.2) is 4.79 Å². The Balaban J connectivity index is 2.86. The summed E-state index contributed by atoms with van der Waals surface area (Å²) >= 11 is 0.974. The van der Waals surface area contributed by atoms with Crippen LogP contribution in [0.1, 0.15) is 48.8 Å². The van der Waals surface area contributed by atoms with Gasteiger partial charge in [-0.25, -0.2) is 14.6 Å². The molecular formula is C16H20N2O5S. The van der Waals surface area contributed by atoms with Gasteiger partial charge in [0.05, 0.1) is 12.0 Å². The molecular weight excluding hydrogens is 332 g/mol. The van der Waals surface area contributed by atoms with Crippen LogP contribution in [0.4, 0.5) is 0 Å². The summed E-state index contributed by atoms with van der Waals surface area (Å²) in [6.45, 7) is 8.50. The number of thiophene rings is 1. The third-order valence-corrected chi connectivity index (χ3v) is 5.05. The van der Waals surface area contributed by atoms with Gasteiger partial charge in [0.15, 0.2) is 0 Å². The minimum atomic E-state index is -1.24. The number of esters is 1. The van der Waals surface area contributed by atoms with Crippen molar-refractivity contribution in [1.82, 2.24) is 9.55 Å². The highest BCUT2D eigenvalue weighted by atomic mass is 32.1. The quantitative estimate of drug-likeness (QED) is 0.829. The maximum absolute atomic E-state index is 13.0. The summed E-state index contributed by atoms with van der Waals surface area (Å²) in [5.41, 5.74) is -1.29. The lowest BCUT2D eigenvalue weighted by molar-refractivity contribution is -0.152. The second kappa shape index (κ2) is 6.35. The lowest BCUT2D eigenvalue weighted by Crippen LogP contribution is -2.45. The molecule has 0 atom stereocenters. The van der Waals surface area contributed by atoms with E-state index in [-0.39, 0.29) is 16.9 Å². The third kappa shape index (κ3) is 2.71. The van der Waals surface area contributed by atoms with E-state index in [1.165, 1.54) is 4.57 Å². The van der Waals surface area contributed by atoms with E-state index >= 15 is 0 Å². The summed E-state index contributed by atoms with van der Waals surface area (Å²) in [6, 6.07) is 0. The van der Waals surface area contributed by atoms with Gasteiger partial charge in [0.1, 0.15) is 21.1 Å². The van der Waals surface area contributed by atoms with Gasteiger partial charge in [0.2, 0.25) is 0 Å². The van der Waals surface area contributed by atoms with E-state index < -0.39 is 23.0 Å². The summed E-state index contributed by atoms with van der Waals surface area (Å²) in [6.07, 6.45) is 0.424. The minimum absolute atomic E-state index is 0.0864. The number of fused-ring (bicyclic) bond motifs is 1. The van der Waals surface area contributed by atoms with Crippen LogP contribution < -0.4 is 5.56 Å². The van der Waals surface area contributed by atoms with Gasteiger partial charge in [-0.15, -0.1) is 11.3 Å². The van der Waals surface area contributed by atoms with Gasteiger partial charge in [-0.1, -0.05) is 6.92 Å². The molecule has 1 N–H and O–H groups in total. The summed E-state index contributed by atoms with van der Waals surface area (Å²) in [7, 11) is 0. The fraction of sp³-hybridized carbons (Fsp3) is 0.500. The first-order valence-corrected chi connectivity index (χ1v) is 8.44. The summed E-state index contributed by atoms with van der Waals surface area (Å²) in [4.78, 5) is 41.6. The van der Waals surface area contributed by atoms with Gasteiger partial charge in [-0.3, -0.25) is 9.36 Å². The number of carbonyl (C=O) groups is 2. The number of aromatic nitrogens is 2. The van der Waals surface area contributed by atoms with Crippen molar-refractivity contribution in [2.24, 2.45) is 0 Å². The van der Waals surface area contributed by atoms with Gasteiger partial charge in [-0.2, -0.15) is 0 Å². The molecule has 2 rings (SSSR count). The molecule has 2 aromatic heterocycles. The van der Waals surface area contributed by atoms with E-state index in [1.807, 2.05) is 6.92 Å². The molecule has 2 aromatic rings. The van der Waals surface area contributed by atoms with Crippen LogP contribution in [0, 0.1) is 6.92 Å². The van der Waals surface area contributed by atoms with Crippen molar-refractivity contribution in [3.63, 3.8) is 0 Å². The zero-order valence-corrected chi connectivity index (χ0v) is 15.1. The van der Waals surface area contributed by atoms with Crippen molar-refractivity contribution in [3.8, 4) is 0 Å². The molecule has 2 heterocycles. The van der Waals surface area contributed by atoms with Crippen LogP contribution in [0.2, 0.25) is 0 Å². The van der Waals surface area contributed by atoms with Crippen molar-refractivity contribution >= 4 is 33.5 Å². The fourth-order valence-electron chi connectivity index (χ4n) is 2.64. The number of aryl methyl sites for hydroxylation is 2.